The van der Waals surface area contributed by atoms with Gasteiger partial charge in [0.15, 0.2) is 0 Å². The summed E-state index contributed by atoms with van der Waals surface area (Å²) < 4.78 is 0. The summed E-state index contributed by atoms with van der Waals surface area (Å²) in [6.07, 6.45) is 3.32. The lowest BCUT2D eigenvalue weighted by Crippen LogP contribution is -2.52. The molecule has 1 aliphatic rings. The molecule has 1 aliphatic heterocycles. The largest absolute Gasteiger partial charge is 0.366 e. The van der Waals surface area contributed by atoms with Crippen molar-refractivity contribution in [3.63, 3.8) is 0 Å². The third-order valence-corrected chi connectivity index (χ3v) is 2.59. The number of rotatable bonds is 3. The van der Waals surface area contributed by atoms with Gasteiger partial charge in [0.25, 0.3) is 0 Å². The van der Waals surface area contributed by atoms with Gasteiger partial charge in [-0.3, -0.25) is 9.69 Å². The number of hydrogen-bond donors (Lipinski definition) is 2. The molecule has 0 aromatic rings. The molecule has 1 saturated heterocycles. The first kappa shape index (κ1) is 11.2. The van der Waals surface area contributed by atoms with Crippen molar-refractivity contribution in [2.75, 3.05) is 26.2 Å². The fourth-order valence-electron chi connectivity index (χ4n) is 1.63. The lowest BCUT2D eigenvalue weighted by molar-refractivity contribution is -0.113. The molecule has 1 heterocycles. The Labute approximate surface area is 85.1 Å². The second kappa shape index (κ2) is 4.57. The maximum absolute atomic E-state index is 10.6. The topological polar surface area (TPSA) is 58.4 Å². The van der Waals surface area contributed by atoms with E-state index in [2.05, 4.69) is 24.1 Å². The van der Waals surface area contributed by atoms with Crippen LogP contribution in [0.25, 0.3) is 0 Å². The first-order chi connectivity index (χ1) is 6.52. The van der Waals surface area contributed by atoms with Gasteiger partial charge in [-0.25, -0.2) is 0 Å². The molecular formula is C10H19N3O. The van der Waals surface area contributed by atoms with Gasteiger partial charge >= 0.3 is 0 Å². The Morgan fingerprint density at radius 1 is 1.43 bits per heavy atom. The van der Waals surface area contributed by atoms with Gasteiger partial charge < -0.3 is 11.1 Å². The Hall–Kier alpha value is -0.870. The third kappa shape index (κ3) is 3.12. The van der Waals surface area contributed by atoms with Crippen LogP contribution >= 0.6 is 0 Å². The maximum Gasteiger partial charge on any atom is 0.241 e. The van der Waals surface area contributed by atoms with Crippen molar-refractivity contribution in [1.29, 1.82) is 0 Å². The number of carbonyl (C=O) groups excluding carboxylic acids is 1. The first-order valence-electron chi connectivity index (χ1n) is 4.97. The second-order valence-electron chi connectivity index (χ2n) is 4.13. The Morgan fingerprint density at radius 2 is 2.00 bits per heavy atom. The van der Waals surface area contributed by atoms with E-state index in [9.17, 15) is 4.79 Å². The number of nitrogens with zero attached hydrogens (tertiary/aromatic N) is 1. The van der Waals surface area contributed by atoms with Crippen molar-refractivity contribution in [2.24, 2.45) is 5.73 Å². The van der Waals surface area contributed by atoms with Gasteiger partial charge in [-0.2, -0.15) is 0 Å². The molecule has 0 unspecified atom stereocenters. The maximum atomic E-state index is 10.6. The molecule has 14 heavy (non-hydrogen) atoms. The monoisotopic (exact) mass is 197 g/mol. The van der Waals surface area contributed by atoms with E-state index in [0.717, 1.165) is 26.2 Å². The standard InChI is InChI=1S/C10H19N3O/c1-10(2,4-3-9(11)14)13-7-5-12-6-8-13/h3-4,12H,5-8H2,1-2H3,(H2,11,14)/b4-3+. The Balaban J connectivity index is 2.57. The first-order valence-corrected chi connectivity index (χ1v) is 4.97. The molecule has 1 rings (SSSR count). The van der Waals surface area contributed by atoms with E-state index < -0.39 is 0 Å². The highest BCUT2D eigenvalue weighted by atomic mass is 16.1. The molecule has 1 amide bonds. The molecule has 0 radical (unpaired) electrons. The van der Waals surface area contributed by atoms with Crippen molar-refractivity contribution in [3.05, 3.63) is 12.2 Å². The summed E-state index contributed by atoms with van der Waals surface area (Å²) in [5.74, 6) is -0.381. The number of nitrogens with one attached hydrogen (secondary N) is 1. The molecule has 0 atom stereocenters. The van der Waals surface area contributed by atoms with Crippen LogP contribution in [0.2, 0.25) is 0 Å². The summed E-state index contributed by atoms with van der Waals surface area (Å²) >= 11 is 0. The predicted octanol–water partition coefficient (Wildman–Crippen LogP) is -0.288. The van der Waals surface area contributed by atoms with E-state index >= 15 is 0 Å². The van der Waals surface area contributed by atoms with Gasteiger partial charge in [-0.05, 0) is 13.8 Å². The summed E-state index contributed by atoms with van der Waals surface area (Å²) in [5, 5.41) is 3.29. The van der Waals surface area contributed by atoms with Gasteiger partial charge in [0.1, 0.15) is 0 Å². The van der Waals surface area contributed by atoms with Crippen LogP contribution in [0.1, 0.15) is 13.8 Å². The van der Waals surface area contributed by atoms with E-state index in [4.69, 9.17) is 5.73 Å². The molecule has 4 nitrogen and oxygen atoms in total. The molecule has 3 N–H and O–H groups in total. The summed E-state index contributed by atoms with van der Waals surface area (Å²) in [6, 6.07) is 0. The van der Waals surface area contributed by atoms with Crippen LogP contribution in [-0.4, -0.2) is 42.5 Å². The van der Waals surface area contributed by atoms with Gasteiger partial charge in [0.2, 0.25) is 5.91 Å². The van der Waals surface area contributed by atoms with Crippen LogP contribution < -0.4 is 11.1 Å². The summed E-state index contributed by atoms with van der Waals surface area (Å²) in [7, 11) is 0. The smallest absolute Gasteiger partial charge is 0.241 e. The normalized spacial score (nSPS) is 20.1. The van der Waals surface area contributed by atoms with Crippen molar-refractivity contribution >= 4 is 5.91 Å². The van der Waals surface area contributed by atoms with Gasteiger partial charge in [-0.15, -0.1) is 0 Å². The number of carbonyl (C=O) groups is 1. The Kier molecular flexibility index (Phi) is 3.66. The van der Waals surface area contributed by atoms with Crippen molar-refractivity contribution in [3.8, 4) is 0 Å². The number of primary amides is 1. The molecule has 0 aromatic carbocycles. The second-order valence-corrected chi connectivity index (χ2v) is 4.13. The zero-order valence-electron chi connectivity index (χ0n) is 8.92. The van der Waals surface area contributed by atoms with Crippen LogP contribution in [0, 0.1) is 0 Å². The Morgan fingerprint density at radius 3 is 2.50 bits per heavy atom. The van der Waals surface area contributed by atoms with E-state index in [1.807, 2.05) is 6.08 Å². The van der Waals surface area contributed by atoms with Crippen molar-refractivity contribution in [1.82, 2.24) is 10.2 Å². The zero-order valence-corrected chi connectivity index (χ0v) is 8.92. The molecular weight excluding hydrogens is 178 g/mol. The van der Waals surface area contributed by atoms with Crippen molar-refractivity contribution in [2.45, 2.75) is 19.4 Å². The SMILES string of the molecule is CC(C)(/C=C/C(N)=O)N1CCNCC1. The van der Waals surface area contributed by atoms with E-state index in [1.165, 1.54) is 6.08 Å². The zero-order chi connectivity index (χ0) is 10.6. The molecule has 0 aromatic heterocycles. The average Bonchev–Trinajstić information content (AvgIpc) is 2.16. The van der Waals surface area contributed by atoms with E-state index in [-0.39, 0.29) is 11.4 Å². The van der Waals surface area contributed by atoms with Crippen molar-refractivity contribution < 1.29 is 4.79 Å². The third-order valence-electron chi connectivity index (χ3n) is 2.59. The van der Waals surface area contributed by atoms with Crippen LogP contribution in [-0.2, 0) is 4.79 Å². The predicted molar refractivity (Wildman–Crippen MR) is 56.9 cm³/mol. The molecule has 0 spiro atoms. The van der Waals surface area contributed by atoms with Crippen LogP contribution in [0.15, 0.2) is 12.2 Å². The van der Waals surface area contributed by atoms with Crippen LogP contribution in [0.4, 0.5) is 0 Å². The van der Waals surface area contributed by atoms with E-state index in [0.29, 0.717) is 0 Å². The summed E-state index contributed by atoms with van der Waals surface area (Å²) in [5.41, 5.74) is 4.99. The van der Waals surface area contributed by atoms with Crippen LogP contribution in [0.5, 0.6) is 0 Å². The quantitative estimate of drug-likeness (QED) is 0.611. The molecule has 0 saturated carbocycles. The minimum Gasteiger partial charge on any atom is -0.366 e. The highest BCUT2D eigenvalue weighted by Gasteiger charge is 2.24. The number of nitrogens with two attached hydrogens (primary N) is 1. The number of hydrogen-bond acceptors (Lipinski definition) is 3. The fraction of sp³-hybridized carbons (Fsp3) is 0.700. The fourth-order valence-corrected chi connectivity index (χ4v) is 1.63. The summed E-state index contributed by atoms with van der Waals surface area (Å²) in [4.78, 5) is 13.0. The van der Waals surface area contributed by atoms with Gasteiger partial charge in [0.05, 0.1) is 0 Å². The number of amides is 1. The minimum absolute atomic E-state index is 0.0862. The van der Waals surface area contributed by atoms with Gasteiger partial charge in [0, 0.05) is 37.8 Å². The lowest BCUT2D eigenvalue weighted by atomic mass is 10.0. The average molecular weight is 197 g/mol. The molecule has 1 fully saturated rings. The number of piperazine rings is 1. The molecule has 0 bridgehead atoms. The minimum atomic E-state index is -0.381. The van der Waals surface area contributed by atoms with Gasteiger partial charge in [-0.1, -0.05) is 6.08 Å². The molecule has 80 valence electrons. The lowest BCUT2D eigenvalue weighted by Gasteiger charge is -2.39. The molecule has 0 aliphatic carbocycles. The highest BCUT2D eigenvalue weighted by Crippen LogP contribution is 2.16. The van der Waals surface area contributed by atoms with E-state index in [1.54, 1.807) is 0 Å². The Bertz CT molecular complexity index is 230. The molecule has 4 heteroatoms. The highest BCUT2D eigenvalue weighted by molar-refractivity contribution is 5.85. The summed E-state index contributed by atoms with van der Waals surface area (Å²) in [6.45, 7) is 8.23. The van der Waals surface area contributed by atoms with Crippen LogP contribution in [0.3, 0.4) is 0 Å².